The number of amides is 1. The molecular weight excluding hydrogens is 292 g/mol. The summed E-state index contributed by atoms with van der Waals surface area (Å²) in [6, 6.07) is 14.2. The maximum Gasteiger partial charge on any atom is 0.328 e. The molecule has 0 radical (unpaired) electrons. The fourth-order valence-electron chi connectivity index (χ4n) is 1.89. The molecule has 0 aliphatic carbocycles. The third kappa shape index (κ3) is 5.17. The van der Waals surface area contributed by atoms with Gasteiger partial charge in [-0.05, 0) is 41.5 Å². The normalized spacial score (nSPS) is 11.0. The number of hydrogen-bond donors (Lipinski definition) is 3. The number of carbonyl (C=O) groups excluding carboxylic acids is 1. The quantitative estimate of drug-likeness (QED) is 0.585. The minimum Gasteiger partial charge on any atom is -0.478 e. The van der Waals surface area contributed by atoms with Crippen molar-refractivity contribution < 1.29 is 14.7 Å². The van der Waals surface area contributed by atoms with Crippen molar-refractivity contribution in [2.24, 2.45) is 0 Å². The lowest BCUT2D eigenvalue weighted by Gasteiger charge is -2.05. The molecule has 0 heterocycles. The summed E-state index contributed by atoms with van der Waals surface area (Å²) in [4.78, 5) is 22.4. The van der Waals surface area contributed by atoms with Gasteiger partial charge in [0.2, 0.25) is 5.91 Å². The minimum atomic E-state index is -1.01. The smallest absolute Gasteiger partial charge is 0.328 e. The molecule has 2 aromatic carbocycles. The molecule has 5 nitrogen and oxygen atoms in total. The van der Waals surface area contributed by atoms with E-state index in [1.165, 1.54) is 12.2 Å². The third-order valence-corrected chi connectivity index (χ3v) is 2.97. The molecular formula is C18H16N2O3. The number of nitrogens with two attached hydrogens (primary N) is 1. The molecule has 0 saturated carbocycles. The van der Waals surface area contributed by atoms with Crippen LogP contribution in [0.2, 0.25) is 0 Å². The van der Waals surface area contributed by atoms with E-state index in [1.54, 1.807) is 48.5 Å². The van der Waals surface area contributed by atoms with Gasteiger partial charge < -0.3 is 16.2 Å². The zero-order chi connectivity index (χ0) is 16.7. The zero-order valence-corrected chi connectivity index (χ0v) is 12.3. The van der Waals surface area contributed by atoms with Crippen LogP contribution in [-0.2, 0) is 9.59 Å². The number of carbonyl (C=O) groups is 2. The van der Waals surface area contributed by atoms with Crippen LogP contribution in [0.4, 0.5) is 11.4 Å². The average Bonchev–Trinajstić information content (AvgIpc) is 2.54. The first-order valence-electron chi connectivity index (χ1n) is 6.89. The highest BCUT2D eigenvalue weighted by atomic mass is 16.4. The van der Waals surface area contributed by atoms with Gasteiger partial charge in [0.15, 0.2) is 0 Å². The lowest BCUT2D eigenvalue weighted by molar-refractivity contribution is -0.131. The van der Waals surface area contributed by atoms with Gasteiger partial charge in [0, 0.05) is 12.2 Å². The molecule has 0 fully saturated rings. The molecule has 23 heavy (non-hydrogen) atoms. The van der Waals surface area contributed by atoms with Crippen molar-refractivity contribution in [2.45, 2.75) is 0 Å². The number of para-hydroxylation sites is 2. The third-order valence-electron chi connectivity index (χ3n) is 2.97. The van der Waals surface area contributed by atoms with Crippen molar-refractivity contribution in [3.63, 3.8) is 0 Å². The number of benzene rings is 2. The standard InChI is InChI=1S/C18H16N2O3/c19-15-6-1-2-7-16(15)20-17(21)10-8-13-4-3-5-14(12-13)9-11-18(22)23/h1-12H,19H2,(H,20,21)(H,22,23)/b10-8+,11-9+. The molecule has 5 heteroatoms. The van der Waals surface area contributed by atoms with Crippen molar-refractivity contribution in [3.05, 3.63) is 71.8 Å². The first kappa shape index (κ1) is 16.0. The fourth-order valence-corrected chi connectivity index (χ4v) is 1.89. The molecule has 2 rings (SSSR count). The maximum absolute atomic E-state index is 11.9. The molecule has 0 aliphatic heterocycles. The van der Waals surface area contributed by atoms with Gasteiger partial charge in [-0.1, -0.05) is 30.3 Å². The van der Waals surface area contributed by atoms with Gasteiger partial charge in [0.1, 0.15) is 0 Å². The Morgan fingerprint density at radius 2 is 1.61 bits per heavy atom. The Labute approximate surface area is 133 Å². The van der Waals surface area contributed by atoms with Gasteiger partial charge in [0.05, 0.1) is 11.4 Å². The van der Waals surface area contributed by atoms with Crippen molar-refractivity contribution in [1.82, 2.24) is 0 Å². The Bertz CT molecular complexity index is 779. The molecule has 0 aromatic heterocycles. The first-order valence-corrected chi connectivity index (χ1v) is 6.89. The van der Waals surface area contributed by atoms with E-state index in [9.17, 15) is 9.59 Å². The van der Waals surface area contributed by atoms with Gasteiger partial charge in [0.25, 0.3) is 0 Å². The summed E-state index contributed by atoms with van der Waals surface area (Å²) >= 11 is 0. The predicted molar refractivity (Wildman–Crippen MR) is 91.6 cm³/mol. The highest BCUT2D eigenvalue weighted by Crippen LogP contribution is 2.16. The monoisotopic (exact) mass is 308 g/mol. The first-order chi connectivity index (χ1) is 11.0. The van der Waals surface area contributed by atoms with E-state index in [4.69, 9.17) is 10.8 Å². The van der Waals surface area contributed by atoms with Crippen molar-refractivity contribution in [1.29, 1.82) is 0 Å². The van der Waals surface area contributed by atoms with E-state index in [0.717, 1.165) is 17.2 Å². The molecule has 0 unspecified atom stereocenters. The van der Waals surface area contributed by atoms with Crippen LogP contribution in [0.3, 0.4) is 0 Å². The Morgan fingerprint density at radius 1 is 0.957 bits per heavy atom. The van der Waals surface area contributed by atoms with Crippen LogP contribution in [0.25, 0.3) is 12.2 Å². The summed E-state index contributed by atoms with van der Waals surface area (Å²) in [5, 5.41) is 11.3. The molecule has 0 spiro atoms. The molecule has 116 valence electrons. The predicted octanol–water partition coefficient (Wildman–Crippen LogP) is 3.02. The van der Waals surface area contributed by atoms with Crippen LogP contribution in [0.5, 0.6) is 0 Å². The maximum atomic E-state index is 11.9. The van der Waals surface area contributed by atoms with Crippen LogP contribution in [0, 0.1) is 0 Å². The van der Waals surface area contributed by atoms with Crippen LogP contribution in [0.1, 0.15) is 11.1 Å². The second-order valence-electron chi connectivity index (χ2n) is 4.75. The van der Waals surface area contributed by atoms with Crippen LogP contribution >= 0.6 is 0 Å². The number of rotatable bonds is 5. The van der Waals surface area contributed by atoms with Crippen molar-refractivity contribution in [3.8, 4) is 0 Å². The van der Waals surface area contributed by atoms with Gasteiger partial charge in [-0.3, -0.25) is 4.79 Å². The van der Waals surface area contributed by atoms with Crippen LogP contribution in [0.15, 0.2) is 60.7 Å². The highest BCUT2D eigenvalue weighted by molar-refractivity contribution is 6.03. The van der Waals surface area contributed by atoms with E-state index in [0.29, 0.717) is 11.4 Å². The van der Waals surface area contributed by atoms with Gasteiger partial charge in [-0.2, -0.15) is 0 Å². The van der Waals surface area contributed by atoms with E-state index < -0.39 is 5.97 Å². The summed E-state index contributed by atoms with van der Waals surface area (Å²) in [5.41, 5.74) is 8.33. The Balaban J connectivity index is 2.05. The Kier molecular flexibility index (Phi) is 5.30. The van der Waals surface area contributed by atoms with Gasteiger partial charge >= 0.3 is 5.97 Å². The summed E-state index contributed by atoms with van der Waals surface area (Å²) < 4.78 is 0. The molecule has 4 N–H and O–H groups in total. The SMILES string of the molecule is Nc1ccccc1NC(=O)/C=C/c1cccc(/C=C/C(=O)O)c1. The van der Waals surface area contributed by atoms with Crippen LogP contribution in [-0.4, -0.2) is 17.0 Å². The second kappa shape index (κ2) is 7.61. The largest absolute Gasteiger partial charge is 0.478 e. The van der Waals surface area contributed by atoms with E-state index >= 15 is 0 Å². The van der Waals surface area contributed by atoms with Gasteiger partial charge in [-0.15, -0.1) is 0 Å². The molecule has 0 aliphatic rings. The summed E-state index contributed by atoms with van der Waals surface area (Å²) in [6.45, 7) is 0. The summed E-state index contributed by atoms with van der Waals surface area (Å²) in [6.07, 6.45) is 5.59. The van der Waals surface area contributed by atoms with E-state index in [1.807, 2.05) is 6.07 Å². The number of anilines is 2. The topological polar surface area (TPSA) is 92.4 Å². The molecule has 2 aromatic rings. The summed E-state index contributed by atoms with van der Waals surface area (Å²) in [7, 11) is 0. The number of carboxylic acid groups (broad SMARTS) is 1. The van der Waals surface area contributed by atoms with E-state index in [2.05, 4.69) is 5.32 Å². The molecule has 0 bridgehead atoms. The number of hydrogen-bond acceptors (Lipinski definition) is 3. The number of aliphatic carboxylic acids is 1. The molecule has 1 amide bonds. The molecule has 0 saturated heterocycles. The average molecular weight is 308 g/mol. The summed E-state index contributed by atoms with van der Waals surface area (Å²) in [5.74, 6) is -1.31. The van der Waals surface area contributed by atoms with Crippen molar-refractivity contribution >= 4 is 35.4 Å². The molecule has 0 atom stereocenters. The fraction of sp³-hybridized carbons (Fsp3) is 0. The minimum absolute atomic E-state index is 0.297. The Morgan fingerprint density at radius 3 is 2.26 bits per heavy atom. The zero-order valence-electron chi connectivity index (χ0n) is 12.3. The second-order valence-corrected chi connectivity index (χ2v) is 4.75. The van der Waals surface area contributed by atoms with E-state index in [-0.39, 0.29) is 5.91 Å². The number of nitrogen functional groups attached to an aromatic ring is 1. The van der Waals surface area contributed by atoms with Crippen molar-refractivity contribution in [2.75, 3.05) is 11.1 Å². The van der Waals surface area contributed by atoms with Crippen LogP contribution < -0.4 is 11.1 Å². The van der Waals surface area contributed by atoms with Gasteiger partial charge in [-0.25, -0.2) is 4.79 Å². The number of carboxylic acids is 1. The Hall–Kier alpha value is -3.34. The number of nitrogens with one attached hydrogen (secondary N) is 1. The lowest BCUT2D eigenvalue weighted by atomic mass is 10.1. The lowest BCUT2D eigenvalue weighted by Crippen LogP contribution is -2.09. The highest BCUT2D eigenvalue weighted by Gasteiger charge is 2.01.